The van der Waals surface area contributed by atoms with Crippen molar-refractivity contribution in [2.75, 3.05) is 23.8 Å². The van der Waals surface area contributed by atoms with Gasteiger partial charge in [0.2, 0.25) is 0 Å². The predicted octanol–water partition coefficient (Wildman–Crippen LogP) is 3.29. The summed E-state index contributed by atoms with van der Waals surface area (Å²) in [6.45, 7) is 7.08. The van der Waals surface area contributed by atoms with Crippen LogP contribution >= 0.6 is 0 Å². The van der Waals surface area contributed by atoms with Gasteiger partial charge in [-0.1, -0.05) is 19.3 Å². The van der Waals surface area contributed by atoms with E-state index in [0.717, 1.165) is 24.0 Å². The summed E-state index contributed by atoms with van der Waals surface area (Å²) in [7, 11) is 2.18. The van der Waals surface area contributed by atoms with E-state index in [2.05, 4.69) is 41.1 Å². The van der Waals surface area contributed by atoms with Crippen molar-refractivity contribution in [3.05, 3.63) is 11.4 Å². The van der Waals surface area contributed by atoms with Crippen LogP contribution < -0.4 is 10.2 Å². The molecule has 106 valence electrons. The van der Waals surface area contributed by atoms with E-state index in [1.54, 1.807) is 0 Å². The van der Waals surface area contributed by atoms with Gasteiger partial charge in [0.15, 0.2) is 0 Å². The molecule has 0 spiro atoms. The van der Waals surface area contributed by atoms with E-state index in [4.69, 9.17) is 0 Å². The van der Waals surface area contributed by atoms with Crippen molar-refractivity contribution >= 4 is 11.6 Å². The van der Waals surface area contributed by atoms with Crippen molar-refractivity contribution in [3.63, 3.8) is 0 Å². The van der Waals surface area contributed by atoms with Gasteiger partial charge in [0.25, 0.3) is 0 Å². The summed E-state index contributed by atoms with van der Waals surface area (Å²) >= 11 is 0. The topological polar surface area (TPSA) is 41.1 Å². The molecule has 0 aromatic carbocycles. The zero-order valence-electron chi connectivity index (χ0n) is 12.7. The standard InChI is InChI=1S/C15H26N4/c1-5-16-14-11(2)15(18-12(3)17-14)19(4)13-9-7-6-8-10-13/h13H,5-10H2,1-4H3,(H,16,17,18). The first kappa shape index (κ1) is 14.1. The van der Waals surface area contributed by atoms with Crippen molar-refractivity contribution in [2.45, 2.75) is 58.9 Å². The first-order valence-corrected chi connectivity index (χ1v) is 7.45. The summed E-state index contributed by atoms with van der Waals surface area (Å²) in [6, 6.07) is 0.635. The fraction of sp³-hybridized carbons (Fsp3) is 0.733. The minimum atomic E-state index is 0.635. The van der Waals surface area contributed by atoms with Crippen molar-refractivity contribution in [2.24, 2.45) is 0 Å². The van der Waals surface area contributed by atoms with Crippen LogP contribution in [0.3, 0.4) is 0 Å². The molecule has 0 atom stereocenters. The molecule has 2 rings (SSSR count). The number of rotatable bonds is 4. The second-order valence-electron chi connectivity index (χ2n) is 5.50. The summed E-state index contributed by atoms with van der Waals surface area (Å²) in [5, 5.41) is 3.34. The van der Waals surface area contributed by atoms with E-state index in [1.807, 2.05) is 6.92 Å². The Balaban J connectivity index is 2.26. The molecule has 0 aliphatic heterocycles. The molecule has 1 N–H and O–H groups in total. The largest absolute Gasteiger partial charge is 0.370 e. The Bertz CT molecular complexity index is 424. The zero-order chi connectivity index (χ0) is 13.8. The Kier molecular flexibility index (Phi) is 4.61. The Morgan fingerprint density at radius 3 is 2.47 bits per heavy atom. The fourth-order valence-corrected chi connectivity index (χ4v) is 2.94. The number of nitrogens with zero attached hydrogens (tertiary/aromatic N) is 3. The number of nitrogens with one attached hydrogen (secondary N) is 1. The summed E-state index contributed by atoms with van der Waals surface area (Å²) < 4.78 is 0. The average molecular weight is 262 g/mol. The summed E-state index contributed by atoms with van der Waals surface area (Å²) in [5.74, 6) is 2.92. The molecule has 0 radical (unpaired) electrons. The fourth-order valence-electron chi connectivity index (χ4n) is 2.94. The molecule has 1 fully saturated rings. The maximum absolute atomic E-state index is 4.67. The number of hydrogen-bond donors (Lipinski definition) is 1. The van der Waals surface area contributed by atoms with Gasteiger partial charge in [-0.05, 0) is 33.6 Å². The first-order chi connectivity index (χ1) is 9.13. The van der Waals surface area contributed by atoms with E-state index in [0.29, 0.717) is 6.04 Å². The minimum Gasteiger partial charge on any atom is -0.370 e. The molecule has 0 unspecified atom stereocenters. The molecule has 1 heterocycles. The zero-order valence-corrected chi connectivity index (χ0v) is 12.7. The van der Waals surface area contributed by atoms with Crippen LogP contribution in [0, 0.1) is 13.8 Å². The molecule has 1 aliphatic rings. The molecule has 1 aromatic heterocycles. The second-order valence-corrected chi connectivity index (χ2v) is 5.50. The highest BCUT2D eigenvalue weighted by molar-refractivity contribution is 5.58. The van der Waals surface area contributed by atoms with Gasteiger partial charge in [-0.15, -0.1) is 0 Å². The third-order valence-corrected chi connectivity index (χ3v) is 4.03. The lowest BCUT2D eigenvalue weighted by molar-refractivity contribution is 0.425. The number of aryl methyl sites for hydroxylation is 1. The molecule has 1 aliphatic carbocycles. The van der Waals surface area contributed by atoms with E-state index < -0.39 is 0 Å². The van der Waals surface area contributed by atoms with Gasteiger partial charge in [0.05, 0.1) is 0 Å². The Morgan fingerprint density at radius 2 is 1.84 bits per heavy atom. The lowest BCUT2D eigenvalue weighted by atomic mass is 9.94. The van der Waals surface area contributed by atoms with Gasteiger partial charge in [0.1, 0.15) is 17.5 Å². The van der Waals surface area contributed by atoms with Gasteiger partial charge < -0.3 is 10.2 Å². The molecule has 1 saturated carbocycles. The van der Waals surface area contributed by atoms with E-state index in [-0.39, 0.29) is 0 Å². The molecule has 0 amide bonds. The SMILES string of the molecule is CCNc1nc(C)nc(N(C)C2CCCCC2)c1C. The minimum absolute atomic E-state index is 0.635. The molecule has 1 aromatic rings. The lowest BCUT2D eigenvalue weighted by Gasteiger charge is -2.33. The van der Waals surface area contributed by atoms with Crippen LogP contribution in [-0.4, -0.2) is 29.6 Å². The Morgan fingerprint density at radius 1 is 1.16 bits per heavy atom. The normalized spacial score (nSPS) is 16.4. The van der Waals surface area contributed by atoms with Gasteiger partial charge in [-0.3, -0.25) is 0 Å². The predicted molar refractivity (Wildman–Crippen MR) is 80.9 cm³/mol. The lowest BCUT2D eigenvalue weighted by Crippen LogP contribution is -2.34. The highest BCUT2D eigenvalue weighted by atomic mass is 15.2. The number of hydrogen-bond acceptors (Lipinski definition) is 4. The van der Waals surface area contributed by atoms with Crippen LogP contribution in [0.5, 0.6) is 0 Å². The first-order valence-electron chi connectivity index (χ1n) is 7.45. The molecular formula is C15H26N4. The maximum Gasteiger partial charge on any atom is 0.137 e. The van der Waals surface area contributed by atoms with E-state index in [1.165, 1.54) is 37.7 Å². The van der Waals surface area contributed by atoms with Crippen molar-refractivity contribution < 1.29 is 0 Å². The van der Waals surface area contributed by atoms with Gasteiger partial charge in [0, 0.05) is 25.2 Å². The smallest absolute Gasteiger partial charge is 0.137 e. The highest BCUT2D eigenvalue weighted by Crippen LogP contribution is 2.29. The van der Waals surface area contributed by atoms with Crippen LogP contribution in [-0.2, 0) is 0 Å². The third kappa shape index (κ3) is 3.17. The monoisotopic (exact) mass is 262 g/mol. The van der Waals surface area contributed by atoms with Crippen LogP contribution in [0.4, 0.5) is 11.6 Å². The van der Waals surface area contributed by atoms with Crippen molar-refractivity contribution in [1.82, 2.24) is 9.97 Å². The summed E-state index contributed by atoms with van der Waals surface area (Å²) in [6.07, 6.45) is 6.65. The van der Waals surface area contributed by atoms with Crippen molar-refractivity contribution in [1.29, 1.82) is 0 Å². The van der Waals surface area contributed by atoms with Crippen LogP contribution in [0.15, 0.2) is 0 Å². The van der Waals surface area contributed by atoms with Crippen LogP contribution in [0.25, 0.3) is 0 Å². The summed E-state index contributed by atoms with van der Waals surface area (Å²) in [4.78, 5) is 11.5. The van der Waals surface area contributed by atoms with Gasteiger partial charge >= 0.3 is 0 Å². The molecule has 0 saturated heterocycles. The maximum atomic E-state index is 4.67. The van der Waals surface area contributed by atoms with Gasteiger partial charge in [-0.2, -0.15) is 0 Å². The average Bonchev–Trinajstić information content (AvgIpc) is 2.43. The number of anilines is 2. The van der Waals surface area contributed by atoms with Crippen LogP contribution in [0.1, 0.15) is 50.4 Å². The Labute approximate surface area is 116 Å². The Hall–Kier alpha value is -1.32. The third-order valence-electron chi connectivity index (χ3n) is 4.03. The van der Waals surface area contributed by atoms with E-state index in [9.17, 15) is 0 Å². The summed E-state index contributed by atoms with van der Waals surface area (Å²) in [5.41, 5.74) is 1.17. The molecule has 19 heavy (non-hydrogen) atoms. The highest BCUT2D eigenvalue weighted by Gasteiger charge is 2.22. The molecular weight excluding hydrogens is 236 g/mol. The molecule has 4 heteroatoms. The van der Waals surface area contributed by atoms with Crippen LogP contribution in [0.2, 0.25) is 0 Å². The quantitative estimate of drug-likeness (QED) is 0.904. The molecule has 4 nitrogen and oxygen atoms in total. The van der Waals surface area contributed by atoms with Crippen molar-refractivity contribution in [3.8, 4) is 0 Å². The molecule has 0 bridgehead atoms. The second kappa shape index (κ2) is 6.22. The number of aromatic nitrogens is 2. The van der Waals surface area contributed by atoms with Gasteiger partial charge in [-0.25, -0.2) is 9.97 Å². The van der Waals surface area contributed by atoms with E-state index >= 15 is 0 Å².